The predicted molar refractivity (Wildman–Crippen MR) is 46.3 cm³/mol. The van der Waals surface area contributed by atoms with Gasteiger partial charge in [-0.25, -0.2) is 0 Å². The number of aromatic nitrogens is 2. The monoisotopic (exact) mass is 163 g/mol. The van der Waals surface area contributed by atoms with Gasteiger partial charge in [-0.15, -0.1) is 0 Å². The first-order valence-electron chi connectivity index (χ1n) is 3.50. The molecule has 0 saturated carbocycles. The van der Waals surface area contributed by atoms with Gasteiger partial charge in [0.1, 0.15) is 0 Å². The van der Waals surface area contributed by atoms with Gasteiger partial charge < -0.3 is 0 Å². The molecule has 0 N–H and O–H groups in total. The summed E-state index contributed by atoms with van der Waals surface area (Å²) in [6.45, 7) is 0.368. The minimum absolute atomic E-state index is 0.368. The Bertz CT molecular complexity index is 318. The second-order valence-electron chi connectivity index (χ2n) is 2.23. The molecule has 1 rings (SSSR count). The molecule has 0 fully saturated rings. The van der Waals surface area contributed by atoms with E-state index in [1.165, 1.54) is 0 Å². The quantitative estimate of drug-likeness (QED) is 0.380. The summed E-state index contributed by atoms with van der Waals surface area (Å²) in [5.41, 5.74) is 8.84. The van der Waals surface area contributed by atoms with Crippen molar-refractivity contribution in [3.63, 3.8) is 0 Å². The van der Waals surface area contributed by atoms with E-state index in [1.54, 1.807) is 10.8 Å². The van der Waals surface area contributed by atoms with Crippen molar-refractivity contribution in [2.45, 2.75) is 0 Å². The summed E-state index contributed by atoms with van der Waals surface area (Å²) in [4.78, 5) is 2.62. The lowest BCUT2D eigenvalue weighted by Gasteiger charge is -1.83. The van der Waals surface area contributed by atoms with Crippen LogP contribution in [0.1, 0.15) is 5.69 Å². The first kappa shape index (κ1) is 8.36. The van der Waals surface area contributed by atoms with Gasteiger partial charge in [-0.05, 0) is 17.7 Å². The fraction of sp³-hybridized carbons (Fsp3) is 0.286. The number of azide groups is 1. The van der Waals surface area contributed by atoms with Crippen LogP contribution < -0.4 is 0 Å². The predicted octanol–water partition coefficient (Wildman–Crippen LogP) is 1.74. The van der Waals surface area contributed by atoms with Crippen LogP contribution in [0.4, 0.5) is 0 Å². The molecular weight excluding hydrogens is 154 g/mol. The number of nitrogens with zero attached hydrogens (tertiary/aromatic N) is 5. The number of aryl methyl sites for hydroxylation is 1. The van der Waals surface area contributed by atoms with Gasteiger partial charge in [0.15, 0.2) is 0 Å². The van der Waals surface area contributed by atoms with Crippen molar-refractivity contribution < 1.29 is 0 Å². The van der Waals surface area contributed by atoms with Crippen LogP contribution in [0.2, 0.25) is 0 Å². The van der Waals surface area contributed by atoms with E-state index in [-0.39, 0.29) is 0 Å². The number of hydrogen-bond acceptors (Lipinski definition) is 2. The lowest BCUT2D eigenvalue weighted by atomic mass is 10.4. The molecule has 1 heterocycles. The summed E-state index contributed by atoms with van der Waals surface area (Å²) in [6.07, 6.45) is 5.43. The Kier molecular flexibility index (Phi) is 2.93. The second-order valence-corrected chi connectivity index (χ2v) is 2.23. The van der Waals surface area contributed by atoms with E-state index in [0.29, 0.717) is 6.54 Å². The zero-order valence-electron chi connectivity index (χ0n) is 6.75. The van der Waals surface area contributed by atoms with E-state index < -0.39 is 0 Å². The Morgan fingerprint density at radius 2 is 2.67 bits per heavy atom. The van der Waals surface area contributed by atoms with Crippen LogP contribution in [-0.2, 0) is 7.05 Å². The standard InChI is InChI=1S/C7H9N5/c1-12-6-4-7(10-12)3-2-5-9-11-8/h2-4,6H,5H2,1H3. The van der Waals surface area contributed by atoms with E-state index in [9.17, 15) is 0 Å². The highest BCUT2D eigenvalue weighted by Crippen LogP contribution is 1.96. The lowest BCUT2D eigenvalue weighted by Crippen LogP contribution is -1.86. The van der Waals surface area contributed by atoms with Crippen LogP contribution in [-0.4, -0.2) is 16.3 Å². The lowest BCUT2D eigenvalue weighted by molar-refractivity contribution is 0.764. The second kappa shape index (κ2) is 4.20. The molecule has 0 aliphatic rings. The molecule has 0 saturated heterocycles. The maximum absolute atomic E-state index is 7.97. The summed E-state index contributed by atoms with van der Waals surface area (Å²) in [7, 11) is 1.85. The van der Waals surface area contributed by atoms with Gasteiger partial charge in [0.2, 0.25) is 0 Å². The highest BCUT2D eigenvalue weighted by atomic mass is 15.2. The van der Waals surface area contributed by atoms with Crippen LogP contribution in [0, 0.1) is 0 Å². The van der Waals surface area contributed by atoms with Crippen molar-refractivity contribution in [1.82, 2.24) is 9.78 Å². The van der Waals surface area contributed by atoms with Gasteiger partial charge in [-0.2, -0.15) is 5.10 Å². The first-order valence-corrected chi connectivity index (χ1v) is 3.50. The molecule has 0 aliphatic carbocycles. The summed E-state index contributed by atoms with van der Waals surface area (Å²) in [6, 6.07) is 1.88. The van der Waals surface area contributed by atoms with Crippen molar-refractivity contribution >= 4 is 6.08 Å². The summed E-state index contributed by atoms with van der Waals surface area (Å²) >= 11 is 0. The molecule has 5 heteroatoms. The van der Waals surface area contributed by atoms with E-state index in [2.05, 4.69) is 15.1 Å². The largest absolute Gasteiger partial charge is 0.275 e. The third kappa shape index (κ3) is 2.48. The molecule has 62 valence electrons. The van der Waals surface area contributed by atoms with Gasteiger partial charge in [0, 0.05) is 24.7 Å². The normalized spacial score (nSPS) is 10.1. The molecule has 12 heavy (non-hydrogen) atoms. The third-order valence-corrected chi connectivity index (χ3v) is 1.27. The van der Waals surface area contributed by atoms with Gasteiger partial charge in [0.25, 0.3) is 0 Å². The average Bonchev–Trinajstić information content (AvgIpc) is 2.45. The third-order valence-electron chi connectivity index (χ3n) is 1.27. The van der Waals surface area contributed by atoms with E-state index in [0.717, 1.165) is 5.69 Å². The van der Waals surface area contributed by atoms with Crippen molar-refractivity contribution in [2.75, 3.05) is 6.54 Å². The molecule has 0 atom stereocenters. The van der Waals surface area contributed by atoms with Crippen LogP contribution in [0.3, 0.4) is 0 Å². The Hall–Kier alpha value is -1.74. The molecule has 0 bridgehead atoms. The molecule has 0 amide bonds. The van der Waals surface area contributed by atoms with Crippen LogP contribution in [0.5, 0.6) is 0 Å². The molecule has 0 unspecified atom stereocenters. The van der Waals surface area contributed by atoms with Gasteiger partial charge in [0.05, 0.1) is 5.69 Å². The minimum atomic E-state index is 0.368. The Balaban J connectivity index is 2.51. The van der Waals surface area contributed by atoms with Crippen LogP contribution in [0.25, 0.3) is 16.5 Å². The minimum Gasteiger partial charge on any atom is -0.275 e. The zero-order valence-corrected chi connectivity index (χ0v) is 6.75. The zero-order chi connectivity index (χ0) is 8.81. The average molecular weight is 163 g/mol. The van der Waals surface area contributed by atoms with Crippen molar-refractivity contribution in [3.05, 3.63) is 34.5 Å². The van der Waals surface area contributed by atoms with Crippen molar-refractivity contribution in [2.24, 2.45) is 12.2 Å². The molecule has 0 spiro atoms. The van der Waals surface area contributed by atoms with Gasteiger partial charge in [-0.3, -0.25) is 4.68 Å². The molecular formula is C7H9N5. The summed E-state index contributed by atoms with van der Waals surface area (Å²) in [5.74, 6) is 0. The maximum atomic E-state index is 7.97. The molecule has 0 radical (unpaired) electrons. The molecule has 1 aromatic rings. The van der Waals surface area contributed by atoms with E-state index in [1.807, 2.05) is 25.4 Å². The topological polar surface area (TPSA) is 66.6 Å². The van der Waals surface area contributed by atoms with Crippen LogP contribution in [0.15, 0.2) is 23.5 Å². The van der Waals surface area contributed by atoms with Crippen molar-refractivity contribution in [3.8, 4) is 0 Å². The van der Waals surface area contributed by atoms with E-state index >= 15 is 0 Å². The Morgan fingerprint density at radius 1 is 1.83 bits per heavy atom. The maximum Gasteiger partial charge on any atom is 0.0847 e. The Labute approximate surface area is 69.9 Å². The van der Waals surface area contributed by atoms with Crippen molar-refractivity contribution in [1.29, 1.82) is 0 Å². The summed E-state index contributed by atoms with van der Waals surface area (Å²) < 4.78 is 1.72. The summed E-state index contributed by atoms with van der Waals surface area (Å²) in [5, 5.41) is 7.46. The molecule has 0 aliphatic heterocycles. The smallest absolute Gasteiger partial charge is 0.0847 e. The van der Waals surface area contributed by atoms with Crippen LogP contribution >= 0.6 is 0 Å². The van der Waals surface area contributed by atoms with E-state index in [4.69, 9.17) is 5.53 Å². The van der Waals surface area contributed by atoms with Gasteiger partial charge in [-0.1, -0.05) is 11.2 Å². The number of hydrogen-bond donors (Lipinski definition) is 0. The molecule has 1 aromatic heterocycles. The number of rotatable bonds is 3. The molecule has 5 nitrogen and oxygen atoms in total. The highest BCUT2D eigenvalue weighted by Gasteiger charge is 1.87. The fourth-order valence-corrected chi connectivity index (χ4v) is 0.779. The Morgan fingerprint density at radius 3 is 3.25 bits per heavy atom. The van der Waals surface area contributed by atoms with Gasteiger partial charge >= 0.3 is 0 Å². The first-order chi connectivity index (χ1) is 5.83. The molecule has 0 aromatic carbocycles. The highest BCUT2D eigenvalue weighted by molar-refractivity contribution is 5.43. The fourth-order valence-electron chi connectivity index (χ4n) is 0.779. The SMILES string of the molecule is Cn1ccc(C=CCN=[N+]=[N-])n1.